The number of aryl methyl sites for hydroxylation is 2. The van der Waals surface area contributed by atoms with Crippen LogP contribution in [0.2, 0.25) is 0 Å². The largest absolute Gasteiger partial charge is 0.351 e. The van der Waals surface area contributed by atoms with Crippen LogP contribution in [0.3, 0.4) is 0 Å². The minimum Gasteiger partial charge on any atom is -0.351 e. The average Bonchev–Trinajstić information content (AvgIpc) is 3.16. The van der Waals surface area contributed by atoms with Gasteiger partial charge in [-0.05, 0) is 37.3 Å². The molecule has 22 heavy (non-hydrogen) atoms. The van der Waals surface area contributed by atoms with E-state index in [9.17, 15) is 9.59 Å². The van der Waals surface area contributed by atoms with Gasteiger partial charge in [-0.2, -0.15) is 0 Å². The molecule has 0 aliphatic carbocycles. The summed E-state index contributed by atoms with van der Waals surface area (Å²) in [5, 5.41) is 2.88. The summed E-state index contributed by atoms with van der Waals surface area (Å²) in [5.74, 6) is 0.112. The van der Waals surface area contributed by atoms with Crippen LogP contribution in [0.4, 0.5) is 0 Å². The van der Waals surface area contributed by atoms with Gasteiger partial charge in [0, 0.05) is 30.9 Å². The third kappa shape index (κ3) is 4.32. The predicted molar refractivity (Wildman–Crippen MR) is 90.5 cm³/mol. The van der Waals surface area contributed by atoms with Gasteiger partial charge < -0.3 is 10.2 Å². The highest BCUT2D eigenvalue weighted by atomic mass is 32.1. The van der Waals surface area contributed by atoms with E-state index in [0.717, 1.165) is 50.1 Å². The smallest absolute Gasteiger partial charge is 0.261 e. The SMILES string of the molecule is CCCc1sc(C(=O)NCCC(=O)N2CCCC2)cc1CC. The number of rotatable bonds is 7. The molecule has 1 aliphatic rings. The number of hydrogen-bond donors (Lipinski definition) is 1. The fraction of sp³-hybridized carbons (Fsp3) is 0.647. The van der Waals surface area contributed by atoms with E-state index in [0.29, 0.717) is 13.0 Å². The first-order valence-corrected chi connectivity index (χ1v) is 9.14. The van der Waals surface area contributed by atoms with Crippen LogP contribution in [0, 0.1) is 0 Å². The summed E-state index contributed by atoms with van der Waals surface area (Å²) in [5.41, 5.74) is 1.28. The maximum Gasteiger partial charge on any atom is 0.261 e. The Kier molecular flexibility index (Phi) is 6.43. The lowest BCUT2D eigenvalue weighted by molar-refractivity contribution is -0.129. The molecule has 1 aromatic heterocycles. The van der Waals surface area contributed by atoms with E-state index in [4.69, 9.17) is 0 Å². The fourth-order valence-electron chi connectivity index (χ4n) is 2.81. The van der Waals surface area contributed by atoms with Crippen LogP contribution in [-0.4, -0.2) is 36.3 Å². The molecule has 2 amide bonds. The van der Waals surface area contributed by atoms with Gasteiger partial charge in [-0.1, -0.05) is 20.3 Å². The van der Waals surface area contributed by atoms with Crippen LogP contribution in [-0.2, 0) is 17.6 Å². The van der Waals surface area contributed by atoms with Gasteiger partial charge in [-0.15, -0.1) is 11.3 Å². The van der Waals surface area contributed by atoms with E-state index in [1.54, 1.807) is 11.3 Å². The van der Waals surface area contributed by atoms with E-state index < -0.39 is 0 Å². The van der Waals surface area contributed by atoms with E-state index >= 15 is 0 Å². The van der Waals surface area contributed by atoms with Crippen molar-refractivity contribution < 1.29 is 9.59 Å². The highest BCUT2D eigenvalue weighted by molar-refractivity contribution is 7.14. The Balaban J connectivity index is 1.82. The molecule has 0 spiro atoms. The van der Waals surface area contributed by atoms with E-state index in [1.165, 1.54) is 10.4 Å². The zero-order valence-electron chi connectivity index (χ0n) is 13.6. The van der Waals surface area contributed by atoms with Crippen LogP contribution in [0.5, 0.6) is 0 Å². The quantitative estimate of drug-likeness (QED) is 0.839. The Morgan fingerprint density at radius 3 is 2.64 bits per heavy atom. The predicted octanol–water partition coefficient (Wildman–Crippen LogP) is 3.01. The van der Waals surface area contributed by atoms with Crippen molar-refractivity contribution in [2.75, 3.05) is 19.6 Å². The Morgan fingerprint density at radius 2 is 2.00 bits per heavy atom. The minimum atomic E-state index is -0.0451. The summed E-state index contributed by atoms with van der Waals surface area (Å²) in [4.78, 5) is 28.1. The maximum absolute atomic E-state index is 12.2. The zero-order chi connectivity index (χ0) is 15.9. The van der Waals surface area contributed by atoms with Crippen molar-refractivity contribution in [2.24, 2.45) is 0 Å². The molecule has 1 saturated heterocycles. The number of likely N-dealkylation sites (tertiary alicyclic amines) is 1. The van der Waals surface area contributed by atoms with Crippen LogP contribution in [0.1, 0.15) is 59.6 Å². The number of hydrogen-bond acceptors (Lipinski definition) is 3. The van der Waals surface area contributed by atoms with Crippen LogP contribution < -0.4 is 5.32 Å². The van der Waals surface area contributed by atoms with Gasteiger partial charge in [0.1, 0.15) is 0 Å². The molecule has 2 heterocycles. The van der Waals surface area contributed by atoms with Crippen molar-refractivity contribution in [3.05, 3.63) is 21.4 Å². The maximum atomic E-state index is 12.2. The van der Waals surface area contributed by atoms with E-state index in [-0.39, 0.29) is 11.8 Å². The fourth-order valence-corrected chi connectivity index (χ4v) is 4.08. The monoisotopic (exact) mass is 322 g/mol. The summed E-state index contributed by atoms with van der Waals surface area (Å²) in [6.07, 6.45) is 5.71. The van der Waals surface area contributed by atoms with Crippen molar-refractivity contribution in [2.45, 2.75) is 52.4 Å². The second kappa shape index (κ2) is 8.32. The lowest BCUT2D eigenvalue weighted by atomic mass is 10.1. The summed E-state index contributed by atoms with van der Waals surface area (Å²) < 4.78 is 0. The van der Waals surface area contributed by atoms with Gasteiger partial charge in [-0.25, -0.2) is 0 Å². The van der Waals surface area contributed by atoms with Gasteiger partial charge in [0.25, 0.3) is 5.91 Å². The third-order valence-corrected chi connectivity index (χ3v) is 5.30. The summed E-state index contributed by atoms with van der Waals surface area (Å²) in [6, 6.07) is 2.01. The Labute approximate surface area is 136 Å². The standard InChI is InChI=1S/C17H26N2O2S/c1-3-7-14-13(4-2)12-15(22-14)17(21)18-9-8-16(20)19-10-5-6-11-19/h12H,3-11H2,1-2H3,(H,18,21). The van der Waals surface area contributed by atoms with Gasteiger partial charge in [0.05, 0.1) is 4.88 Å². The Hall–Kier alpha value is -1.36. The van der Waals surface area contributed by atoms with Crippen molar-refractivity contribution in [1.82, 2.24) is 10.2 Å². The molecule has 2 rings (SSSR count). The van der Waals surface area contributed by atoms with Gasteiger partial charge in [0.15, 0.2) is 0 Å². The molecular weight excluding hydrogens is 296 g/mol. The molecular formula is C17H26N2O2S. The number of amides is 2. The van der Waals surface area contributed by atoms with Gasteiger partial charge in [0.2, 0.25) is 5.91 Å². The normalized spacial score (nSPS) is 14.4. The first kappa shape index (κ1) is 17.0. The van der Waals surface area contributed by atoms with Crippen LogP contribution in [0.25, 0.3) is 0 Å². The first-order chi connectivity index (χ1) is 10.7. The van der Waals surface area contributed by atoms with Crippen molar-refractivity contribution in [3.63, 3.8) is 0 Å². The molecule has 0 radical (unpaired) electrons. The highest BCUT2D eigenvalue weighted by Gasteiger charge is 2.18. The number of carbonyl (C=O) groups excluding carboxylic acids is 2. The molecule has 0 atom stereocenters. The van der Waals surface area contributed by atoms with Crippen molar-refractivity contribution in [1.29, 1.82) is 0 Å². The Morgan fingerprint density at radius 1 is 1.27 bits per heavy atom. The molecule has 0 unspecified atom stereocenters. The lowest BCUT2D eigenvalue weighted by Crippen LogP contribution is -2.32. The molecule has 1 N–H and O–H groups in total. The van der Waals surface area contributed by atoms with Crippen LogP contribution in [0.15, 0.2) is 6.07 Å². The molecule has 5 heteroatoms. The number of thiophene rings is 1. The molecule has 4 nitrogen and oxygen atoms in total. The summed E-state index contributed by atoms with van der Waals surface area (Å²) >= 11 is 1.59. The molecule has 1 aliphatic heterocycles. The molecule has 0 aromatic carbocycles. The lowest BCUT2D eigenvalue weighted by Gasteiger charge is -2.14. The first-order valence-electron chi connectivity index (χ1n) is 8.33. The summed E-state index contributed by atoms with van der Waals surface area (Å²) in [6.45, 7) is 6.45. The average molecular weight is 322 g/mol. The van der Waals surface area contributed by atoms with Crippen molar-refractivity contribution in [3.8, 4) is 0 Å². The highest BCUT2D eigenvalue weighted by Crippen LogP contribution is 2.24. The van der Waals surface area contributed by atoms with Crippen LogP contribution >= 0.6 is 11.3 Å². The van der Waals surface area contributed by atoms with Gasteiger partial charge in [-0.3, -0.25) is 9.59 Å². The van der Waals surface area contributed by atoms with Gasteiger partial charge >= 0.3 is 0 Å². The molecule has 0 bridgehead atoms. The number of nitrogens with zero attached hydrogens (tertiary/aromatic N) is 1. The van der Waals surface area contributed by atoms with E-state index in [2.05, 4.69) is 19.2 Å². The Bertz CT molecular complexity index is 519. The molecule has 1 aromatic rings. The second-order valence-electron chi connectivity index (χ2n) is 5.76. The minimum absolute atomic E-state index is 0.0451. The van der Waals surface area contributed by atoms with Crippen molar-refractivity contribution >= 4 is 23.2 Å². The summed E-state index contributed by atoms with van der Waals surface area (Å²) in [7, 11) is 0. The third-order valence-electron chi connectivity index (χ3n) is 4.06. The molecule has 1 fully saturated rings. The molecule has 122 valence electrons. The number of carbonyl (C=O) groups is 2. The van der Waals surface area contributed by atoms with E-state index in [1.807, 2.05) is 11.0 Å². The number of nitrogens with one attached hydrogen (secondary N) is 1. The second-order valence-corrected chi connectivity index (χ2v) is 6.89. The zero-order valence-corrected chi connectivity index (χ0v) is 14.4. The molecule has 0 saturated carbocycles. The topological polar surface area (TPSA) is 49.4 Å².